The number of aliphatic imine (C=N–C) groups is 1. The monoisotopic (exact) mass is 431 g/mol. The minimum absolute atomic E-state index is 0.0948. The molecule has 0 saturated carbocycles. The summed E-state index contributed by atoms with van der Waals surface area (Å²) in [4.78, 5) is 16.3. The number of primary amides is 1. The number of hydrogen-bond donors (Lipinski definition) is 4. The first kappa shape index (κ1) is 20.1. The first-order chi connectivity index (χ1) is 15.6. The lowest BCUT2D eigenvalue weighted by Gasteiger charge is -2.35. The molecule has 0 fully saturated rings. The molecule has 2 aromatic carbocycles. The Morgan fingerprint density at radius 3 is 2.94 bits per heavy atom. The lowest BCUT2D eigenvalue weighted by Crippen LogP contribution is -2.55. The van der Waals surface area contributed by atoms with Gasteiger partial charge in [0, 0.05) is 23.7 Å². The average molecular weight is 431 g/mol. The van der Waals surface area contributed by atoms with Crippen LogP contribution in [0.3, 0.4) is 0 Å². The molecule has 0 aliphatic carbocycles. The van der Waals surface area contributed by atoms with Crippen molar-refractivity contribution in [3.8, 4) is 0 Å². The highest BCUT2D eigenvalue weighted by molar-refractivity contribution is 6.05. The van der Waals surface area contributed by atoms with Crippen molar-refractivity contribution in [3.63, 3.8) is 0 Å². The number of nitrogens with one attached hydrogen (secondary N) is 3. The smallest absolute Gasteiger partial charge is 0.249 e. The Balaban J connectivity index is 1.50. The molecule has 5 N–H and O–H groups in total. The zero-order valence-corrected chi connectivity index (χ0v) is 17.1. The van der Waals surface area contributed by atoms with Gasteiger partial charge in [-0.25, -0.2) is 14.1 Å². The summed E-state index contributed by atoms with van der Waals surface area (Å²) in [7, 11) is 0. The summed E-state index contributed by atoms with van der Waals surface area (Å²) in [5, 5.41) is 15.3. The molecule has 8 nitrogen and oxygen atoms in total. The van der Waals surface area contributed by atoms with Crippen molar-refractivity contribution in [2.75, 3.05) is 0 Å². The number of hydrogen-bond acceptors (Lipinski definition) is 6. The van der Waals surface area contributed by atoms with Gasteiger partial charge in [-0.1, -0.05) is 36.4 Å². The fraction of sp³-hybridized carbons (Fsp3) is 0.174. The molecule has 1 amide bonds. The number of rotatable bonds is 5. The van der Waals surface area contributed by atoms with Gasteiger partial charge in [0.15, 0.2) is 6.29 Å². The average Bonchev–Trinajstić information content (AvgIpc) is 3.06. The van der Waals surface area contributed by atoms with Gasteiger partial charge in [-0.2, -0.15) is 5.10 Å². The molecule has 2 aliphatic heterocycles. The molecule has 3 heterocycles. The summed E-state index contributed by atoms with van der Waals surface area (Å²) in [5.74, 6) is -0.538. The number of fused-ring (bicyclic) bond motifs is 1. The van der Waals surface area contributed by atoms with E-state index in [0.29, 0.717) is 17.4 Å². The summed E-state index contributed by atoms with van der Waals surface area (Å²) >= 11 is 0. The van der Waals surface area contributed by atoms with Crippen LogP contribution in [-0.4, -0.2) is 28.1 Å². The third-order valence-electron chi connectivity index (χ3n) is 5.56. The Bertz CT molecular complexity index is 1260. The Labute approximate surface area is 183 Å². The van der Waals surface area contributed by atoms with Gasteiger partial charge in [0.05, 0.1) is 23.4 Å². The standard InChI is InChI=1S/C23H22FN7O/c24-15-10-17(20(25)32)18-13-28-31(19(18)11-15)23-29-21-16(8-4-5-9-26-21)22(30-23)27-12-14-6-2-1-3-7-14/h1-7,9-11,13,22-23,27,29-30H,8,12H2,(H2,25,32). The number of nitrogens with two attached hydrogens (primary N) is 1. The second-order valence-corrected chi connectivity index (χ2v) is 7.64. The van der Waals surface area contributed by atoms with Crippen LogP contribution in [0.1, 0.15) is 28.6 Å². The molecule has 9 heteroatoms. The highest BCUT2D eigenvalue weighted by Crippen LogP contribution is 2.26. The van der Waals surface area contributed by atoms with Gasteiger partial charge < -0.3 is 11.1 Å². The molecule has 0 spiro atoms. The van der Waals surface area contributed by atoms with Crippen LogP contribution in [0.4, 0.5) is 4.39 Å². The van der Waals surface area contributed by atoms with Crippen LogP contribution in [0, 0.1) is 5.82 Å². The summed E-state index contributed by atoms with van der Waals surface area (Å²) in [5.41, 5.74) is 8.19. The zero-order chi connectivity index (χ0) is 22.1. The highest BCUT2D eigenvalue weighted by Gasteiger charge is 2.30. The van der Waals surface area contributed by atoms with Gasteiger partial charge in [-0.05, 0) is 30.2 Å². The van der Waals surface area contributed by atoms with Gasteiger partial charge in [0.2, 0.25) is 5.91 Å². The van der Waals surface area contributed by atoms with Gasteiger partial charge >= 0.3 is 0 Å². The van der Waals surface area contributed by atoms with Crippen LogP contribution in [0.15, 0.2) is 77.2 Å². The van der Waals surface area contributed by atoms with Crippen LogP contribution in [0.25, 0.3) is 10.9 Å². The minimum Gasteiger partial charge on any atom is -0.366 e. The molecule has 162 valence electrons. The van der Waals surface area contributed by atoms with Crippen LogP contribution in [0.2, 0.25) is 0 Å². The van der Waals surface area contributed by atoms with Gasteiger partial charge in [0.1, 0.15) is 11.6 Å². The van der Waals surface area contributed by atoms with Crippen LogP contribution < -0.4 is 21.7 Å². The normalized spacial score (nSPS) is 20.2. The number of amides is 1. The van der Waals surface area contributed by atoms with Gasteiger partial charge in [-0.15, -0.1) is 0 Å². The van der Waals surface area contributed by atoms with E-state index in [-0.39, 0.29) is 11.7 Å². The second kappa shape index (κ2) is 8.37. The molecule has 2 unspecified atom stereocenters. The van der Waals surface area contributed by atoms with E-state index in [1.165, 1.54) is 12.3 Å². The summed E-state index contributed by atoms with van der Waals surface area (Å²) in [6, 6.07) is 12.6. The zero-order valence-electron chi connectivity index (χ0n) is 17.1. The van der Waals surface area contributed by atoms with Crippen molar-refractivity contribution in [1.29, 1.82) is 0 Å². The van der Waals surface area contributed by atoms with Crippen LogP contribution in [0.5, 0.6) is 0 Å². The molecular formula is C23H22FN7O. The molecule has 1 aromatic heterocycles. The Hall–Kier alpha value is -3.82. The number of aromatic nitrogens is 2. The van der Waals surface area contributed by atoms with Gasteiger partial charge in [-0.3, -0.25) is 15.4 Å². The van der Waals surface area contributed by atoms with Crippen molar-refractivity contribution in [2.24, 2.45) is 10.7 Å². The van der Waals surface area contributed by atoms with E-state index >= 15 is 0 Å². The number of benzene rings is 2. The lowest BCUT2D eigenvalue weighted by molar-refractivity contribution is 0.100. The first-order valence-electron chi connectivity index (χ1n) is 10.3. The molecule has 2 atom stereocenters. The van der Waals surface area contributed by atoms with E-state index in [2.05, 4.69) is 38.2 Å². The molecular weight excluding hydrogens is 409 g/mol. The van der Waals surface area contributed by atoms with E-state index < -0.39 is 18.0 Å². The Morgan fingerprint density at radius 2 is 2.12 bits per heavy atom. The SMILES string of the molecule is NC(=O)c1cc(F)cc2c1cnn2C1NC2=C(CC=CC=N2)C(NCc2ccccc2)N1. The lowest BCUT2D eigenvalue weighted by atomic mass is 10.1. The predicted octanol–water partition coefficient (Wildman–Crippen LogP) is 2.28. The summed E-state index contributed by atoms with van der Waals surface area (Å²) in [6.07, 6.45) is 7.18. The van der Waals surface area contributed by atoms with E-state index in [1.807, 2.05) is 30.4 Å². The fourth-order valence-electron chi connectivity index (χ4n) is 4.02. The maximum absolute atomic E-state index is 14.2. The minimum atomic E-state index is -0.703. The van der Waals surface area contributed by atoms with Crippen LogP contribution in [-0.2, 0) is 6.54 Å². The quantitative estimate of drug-likeness (QED) is 0.496. The third-order valence-corrected chi connectivity index (χ3v) is 5.56. The molecule has 0 saturated heterocycles. The maximum Gasteiger partial charge on any atom is 0.249 e. The van der Waals surface area contributed by atoms with Gasteiger partial charge in [0.25, 0.3) is 0 Å². The molecule has 0 radical (unpaired) electrons. The molecule has 5 rings (SSSR count). The molecule has 3 aromatic rings. The van der Waals surface area contributed by atoms with E-state index in [1.54, 1.807) is 10.9 Å². The topological polar surface area (TPSA) is 109 Å². The Morgan fingerprint density at radius 1 is 1.28 bits per heavy atom. The number of halogens is 1. The second-order valence-electron chi connectivity index (χ2n) is 7.64. The van der Waals surface area contributed by atoms with E-state index in [4.69, 9.17) is 5.73 Å². The fourth-order valence-corrected chi connectivity index (χ4v) is 4.02. The molecule has 0 bridgehead atoms. The van der Waals surface area contributed by atoms with Crippen molar-refractivity contribution in [1.82, 2.24) is 25.7 Å². The predicted molar refractivity (Wildman–Crippen MR) is 120 cm³/mol. The summed E-state index contributed by atoms with van der Waals surface area (Å²) < 4.78 is 15.8. The maximum atomic E-state index is 14.2. The van der Waals surface area contributed by atoms with E-state index in [0.717, 1.165) is 29.4 Å². The number of carbonyl (C=O) groups is 1. The van der Waals surface area contributed by atoms with Crippen molar-refractivity contribution in [3.05, 3.63) is 89.2 Å². The number of carbonyl (C=O) groups excluding carboxylic acids is 1. The third kappa shape index (κ3) is 3.79. The van der Waals surface area contributed by atoms with Crippen molar-refractivity contribution < 1.29 is 9.18 Å². The van der Waals surface area contributed by atoms with Crippen molar-refractivity contribution in [2.45, 2.75) is 25.4 Å². The molecule has 2 aliphatic rings. The summed E-state index contributed by atoms with van der Waals surface area (Å²) in [6.45, 7) is 0.649. The number of nitrogens with zero attached hydrogens (tertiary/aromatic N) is 3. The highest BCUT2D eigenvalue weighted by atomic mass is 19.1. The van der Waals surface area contributed by atoms with Crippen molar-refractivity contribution >= 4 is 23.0 Å². The van der Waals surface area contributed by atoms with Crippen LogP contribution >= 0.6 is 0 Å². The first-order valence-corrected chi connectivity index (χ1v) is 10.3. The number of allylic oxidation sites excluding steroid dienone is 2. The Kier molecular flexibility index (Phi) is 5.26. The molecule has 32 heavy (non-hydrogen) atoms. The van der Waals surface area contributed by atoms with E-state index in [9.17, 15) is 9.18 Å². The largest absolute Gasteiger partial charge is 0.366 e.